The van der Waals surface area contributed by atoms with Crippen LogP contribution in [0.2, 0.25) is 0 Å². The number of amides is 1. The summed E-state index contributed by atoms with van der Waals surface area (Å²) < 4.78 is 4.93. The minimum atomic E-state index is -0.226. The third-order valence-electron chi connectivity index (χ3n) is 4.27. The number of carbonyl (C=O) groups excluding carboxylic acids is 2. The maximum atomic E-state index is 12.3. The summed E-state index contributed by atoms with van der Waals surface area (Å²) in [5, 5.41) is 0. The van der Waals surface area contributed by atoms with Crippen molar-refractivity contribution in [2.45, 2.75) is 26.8 Å². The molecule has 0 N–H and O–H groups in total. The summed E-state index contributed by atoms with van der Waals surface area (Å²) in [5.41, 5.74) is 1.08. The van der Waals surface area contributed by atoms with Crippen molar-refractivity contribution < 1.29 is 14.3 Å². The summed E-state index contributed by atoms with van der Waals surface area (Å²) in [5.74, 6) is 0.0438. The van der Waals surface area contributed by atoms with Gasteiger partial charge in [-0.15, -0.1) is 0 Å². The highest BCUT2D eigenvalue weighted by Gasteiger charge is 2.40. The van der Waals surface area contributed by atoms with Gasteiger partial charge in [-0.3, -0.25) is 9.59 Å². The summed E-state index contributed by atoms with van der Waals surface area (Å²) >= 11 is 0. The summed E-state index contributed by atoms with van der Waals surface area (Å²) in [6.45, 7) is 5.11. The second-order valence-corrected chi connectivity index (χ2v) is 6.00. The number of rotatable bonds is 4. The standard InChI is InChI=1S/C17H23NO3/c1-12(2)14-9-16(19)18(11-15(14)17(20)21-3)10-13-7-5-4-6-8-13/h4-8,12,14-15H,9-11H2,1-3H3/t14-,15+/m1/s1. The molecule has 0 bridgehead atoms. The average Bonchev–Trinajstić information content (AvgIpc) is 2.49. The van der Waals surface area contributed by atoms with Crippen molar-refractivity contribution >= 4 is 11.9 Å². The van der Waals surface area contributed by atoms with Crippen LogP contribution in [-0.2, 0) is 20.9 Å². The van der Waals surface area contributed by atoms with Crippen LogP contribution in [0.4, 0.5) is 0 Å². The van der Waals surface area contributed by atoms with Crippen LogP contribution in [0.25, 0.3) is 0 Å². The highest BCUT2D eigenvalue weighted by Crippen LogP contribution is 2.32. The number of methoxy groups -OCH3 is 1. The molecule has 114 valence electrons. The third-order valence-corrected chi connectivity index (χ3v) is 4.27. The van der Waals surface area contributed by atoms with Gasteiger partial charge in [0, 0.05) is 19.5 Å². The van der Waals surface area contributed by atoms with Gasteiger partial charge >= 0.3 is 5.97 Å². The first-order valence-electron chi connectivity index (χ1n) is 7.42. The SMILES string of the molecule is COC(=O)[C@H]1CN(Cc2ccccc2)C(=O)C[C@@H]1C(C)C. The van der Waals surface area contributed by atoms with E-state index in [1.807, 2.05) is 30.3 Å². The van der Waals surface area contributed by atoms with Crippen molar-refractivity contribution in [1.82, 2.24) is 4.90 Å². The lowest BCUT2D eigenvalue weighted by Gasteiger charge is -2.38. The molecule has 0 aliphatic carbocycles. The summed E-state index contributed by atoms with van der Waals surface area (Å²) in [6.07, 6.45) is 0.421. The molecular formula is C17H23NO3. The first kappa shape index (κ1) is 15.5. The predicted octanol–water partition coefficient (Wildman–Crippen LogP) is 2.48. The molecule has 1 amide bonds. The Morgan fingerprint density at radius 2 is 2.00 bits per heavy atom. The van der Waals surface area contributed by atoms with Gasteiger partial charge in [0.1, 0.15) is 0 Å². The highest BCUT2D eigenvalue weighted by atomic mass is 16.5. The largest absolute Gasteiger partial charge is 0.469 e. The Hall–Kier alpha value is -1.84. The quantitative estimate of drug-likeness (QED) is 0.800. The van der Waals surface area contributed by atoms with Crippen molar-refractivity contribution in [2.24, 2.45) is 17.8 Å². The van der Waals surface area contributed by atoms with Crippen molar-refractivity contribution in [3.05, 3.63) is 35.9 Å². The van der Waals surface area contributed by atoms with E-state index in [0.29, 0.717) is 19.5 Å². The number of likely N-dealkylation sites (tertiary alicyclic amines) is 1. The fourth-order valence-electron chi connectivity index (χ4n) is 3.01. The Labute approximate surface area is 126 Å². The summed E-state index contributed by atoms with van der Waals surface area (Å²) in [4.78, 5) is 26.1. The van der Waals surface area contributed by atoms with E-state index in [1.165, 1.54) is 7.11 Å². The first-order valence-corrected chi connectivity index (χ1v) is 7.42. The molecule has 0 saturated carbocycles. The molecule has 1 aliphatic rings. The van der Waals surface area contributed by atoms with Gasteiger partial charge in [0.2, 0.25) is 5.91 Å². The van der Waals surface area contributed by atoms with E-state index in [4.69, 9.17) is 4.74 Å². The van der Waals surface area contributed by atoms with Gasteiger partial charge in [0.25, 0.3) is 0 Å². The molecule has 0 radical (unpaired) electrons. The zero-order chi connectivity index (χ0) is 15.4. The van der Waals surface area contributed by atoms with Crippen LogP contribution in [0.15, 0.2) is 30.3 Å². The molecule has 1 heterocycles. The Morgan fingerprint density at radius 1 is 1.33 bits per heavy atom. The fraction of sp³-hybridized carbons (Fsp3) is 0.529. The number of esters is 1. The number of nitrogens with zero attached hydrogens (tertiary/aromatic N) is 1. The molecule has 1 saturated heterocycles. The molecule has 1 aromatic carbocycles. The smallest absolute Gasteiger partial charge is 0.310 e. The molecule has 0 aromatic heterocycles. The number of benzene rings is 1. The maximum Gasteiger partial charge on any atom is 0.310 e. The van der Waals surface area contributed by atoms with Gasteiger partial charge in [0.05, 0.1) is 13.0 Å². The molecule has 4 heteroatoms. The van der Waals surface area contributed by atoms with E-state index >= 15 is 0 Å². The zero-order valence-corrected chi connectivity index (χ0v) is 12.9. The Balaban J connectivity index is 2.14. The second-order valence-electron chi connectivity index (χ2n) is 6.00. The van der Waals surface area contributed by atoms with Crippen molar-refractivity contribution in [2.75, 3.05) is 13.7 Å². The number of hydrogen-bond acceptors (Lipinski definition) is 3. The normalized spacial score (nSPS) is 22.5. The summed E-state index contributed by atoms with van der Waals surface area (Å²) in [7, 11) is 1.41. The minimum Gasteiger partial charge on any atom is -0.469 e. The number of piperidine rings is 1. The van der Waals surface area contributed by atoms with E-state index in [9.17, 15) is 9.59 Å². The van der Waals surface area contributed by atoms with Crippen LogP contribution in [0, 0.1) is 17.8 Å². The lowest BCUT2D eigenvalue weighted by atomic mass is 9.77. The Bertz CT molecular complexity index is 498. The van der Waals surface area contributed by atoms with E-state index in [-0.39, 0.29) is 29.6 Å². The van der Waals surface area contributed by atoms with Crippen LogP contribution >= 0.6 is 0 Å². The second kappa shape index (κ2) is 6.74. The number of carbonyl (C=O) groups is 2. The van der Waals surface area contributed by atoms with E-state index < -0.39 is 0 Å². The third kappa shape index (κ3) is 3.63. The lowest BCUT2D eigenvalue weighted by molar-refractivity contribution is -0.155. The molecule has 1 fully saturated rings. The fourth-order valence-corrected chi connectivity index (χ4v) is 3.01. The minimum absolute atomic E-state index is 0.0666. The van der Waals surface area contributed by atoms with Gasteiger partial charge in [0.15, 0.2) is 0 Å². The molecule has 0 spiro atoms. The van der Waals surface area contributed by atoms with E-state index in [0.717, 1.165) is 5.56 Å². The molecule has 0 unspecified atom stereocenters. The van der Waals surface area contributed by atoms with Gasteiger partial charge in [-0.05, 0) is 17.4 Å². The highest BCUT2D eigenvalue weighted by molar-refractivity contribution is 5.81. The molecule has 4 nitrogen and oxygen atoms in total. The van der Waals surface area contributed by atoms with Crippen LogP contribution in [0.5, 0.6) is 0 Å². The van der Waals surface area contributed by atoms with Crippen LogP contribution in [0.3, 0.4) is 0 Å². The molecule has 1 aliphatic heterocycles. The van der Waals surface area contributed by atoms with Crippen LogP contribution in [-0.4, -0.2) is 30.4 Å². The van der Waals surface area contributed by atoms with Gasteiger partial charge in [-0.2, -0.15) is 0 Å². The zero-order valence-electron chi connectivity index (χ0n) is 12.9. The molecule has 1 aromatic rings. The topological polar surface area (TPSA) is 46.6 Å². The Morgan fingerprint density at radius 3 is 2.57 bits per heavy atom. The molecular weight excluding hydrogens is 266 g/mol. The van der Waals surface area contributed by atoms with Crippen molar-refractivity contribution in [1.29, 1.82) is 0 Å². The molecule has 21 heavy (non-hydrogen) atoms. The van der Waals surface area contributed by atoms with Crippen molar-refractivity contribution in [3.8, 4) is 0 Å². The van der Waals surface area contributed by atoms with Crippen molar-refractivity contribution in [3.63, 3.8) is 0 Å². The van der Waals surface area contributed by atoms with E-state index in [1.54, 1.807) is 4.90 Å². The number of hydrogen-bond donors (Lipinski definition) is 0. The number of ether oxygens (including phenoxy) is 1. The van der Waals surface area contributed by atoms with Crippen LogP contribution in [0.1, 0.15) is 25.8 Å². The predicted molar refractivity (Wildman–Crippen MR) is 80.3 cm³/mol. The van der Waals surface area contributed by atoms with Gasteiger partial charge in [-0.1, -0.05) is 44.2 Å². The van der Waals surface area contributed by atoms with Gasteiger partial charge in [-0.25, -0.2) is 0 Å². The molecule has 2 atom stereocenters. The first-order chi connectivity index (χ1) is 10.0. The van der Waals surface area contributed by atoms with Gasteiger partial charge < -0.3 is 9.64 Å². The van der Waals surface area contributed by atoms with E-state index in [2.05, 4.69) is 13.8 Å². The summed E-state index contributed by atoms with van der Waals surface area (Å²) in [6, 6.07) is 9.86. The average molecular weight is 289 g/mol. The maximum absolute atomic E-state index is 12.3. The monoisotopic (exact) mass is 289 g/mol. The van der Waals surface area contributed by atoms with Crippen LogP contribution < -0.4 is 0 Å². The lowest BCUT2D eigenvalue weighted by Crippen LogP contribution is -2.48. The Kier molecular flexibility index (Phi) is 4.99. The molecule has 2 rings (SSSR count).